The van der Waals surface area contributed by atoms with Crippen molar-refractivity contribution in [1.82, 2.24) is 5.32 Å². The Morgan fingerprint density at radius 3 is 2.57 bits per heavy atom. The van der Waals surface area contributed by atoms with Crippen molar-refractivity contribution >= 4 is 23.4 Å². The van der Waals surface area contributed by atoms with Crippen LogP contribution < -0.4 is 5.32 Å². The molecule has 112 valence electrons. The first kappa shape index (κ1) is 16.4. The Morgan fingerprint density at radius 2 is 1.90 bits per heavy atom. The van der Waals surface area contributed by atoms with Crippen molar-refractivity contribution in [2.75, 3.05) is 12.3 Å². The van der Waals surface area contributed by atoms with Gasteiger partial charge in [-0.1, -0.05) is 48.9 Å². The summed E-state index contributed by atoms with van der Waals surface area (Å²) >= 11 is 8.25. The minimum absolute atomic E-state index is 0.431. The van der Waals surface area contributed by atoms with Gasteiger partial charge in [-0.2, -0.15) is 0 Å². The normalized spacial score (nSPS) is 12.3. The van der Waals surface area contributed by atoms with Crippen LogP contribution in [0.25, 0.3) is 0 Å². The summed E-state index contributed by atoms with van der Waals surface area (Å²) in [5, 5.41) is 4.44. The molecule has 1 unspecified atom stereocenters. The number of hydrogen-bond acceptors (Lipinski definition) is 2. The summed E-state index contributed by atoms with van der Waals surface area (Å²) in [6.45, 7) is 5.20. The number of rotatable bonds is 7. The van der Waals surface area contributed by atoms with Gasteiger partial charge in [0.1, 0.15) is 0 Å². The maximum absolute atomic E-state index is 6.36. The SMILES string of the molecule is CCNC(CSc1ccccc1)Cc1ccc(C)cc1Cl. The van der Waals surface area contributed by atoms with Crippen LogP contribution in [0.2, 0.25) is 5.02 Å². The molecule has 0 spiro atoms. The van der Waals surface area contributed by atoms with E-state index in [1.807, 2.05) is 17.8 Å². The van der Waals surface area contributed by atoms with Gasteiger partial charge in [-0.15, -0.1) is 11.8 Å². The highest BCUT2D eigenvalue weighted by molar-refractivity contribution is 7.99. The average molecular weight is 320 g/mol. The highest BCUT2D eigenvalue weighted by atomic mass is 35.5. The molecule has 0 heterocycles. The number of benzene rings is 2. The molecule has 0 aliphatic rings. The minimum atomic E-state index is 0.431. The zero-order valence-corrected chi connectivity index (χ0v) is 14.2. The van der Waals surface area contributed by atoms with E-state index in [1.165, 1.54) is 16.0 Å². The van der Waals surface area contributed by atoms with Crippen molar-refractivity contribution in [3.8, 4) is 0 Å². The van der Waals surface area contributed by atoms with Crippen molar-refractivity contribution in [2.24, 2.45) is 0 Å². The molecule has 3 heteroatoms. The Bertz CT molecular complexity index is 556. The van der Waals surface area contributed by atoms with Crippen molar-refractivity contribution in [2.45, 2.75) is 31.2 Å². The van der Waals surface area contributed by atoms with Crippen LogP contribution in [0, 0.1) is 6.92 Å². The summed E-state index contributed by atoms with van der Waals surface area (Å²) < 4.78 is 0. The molecule has 2 aromatic carbocycles. The van der Waals surface area contributed by atoms with E-state index in [2.05, 4.69) is 61.6 Å². The smallest absolute Gasteiger partial charge is 0.0441 e. The number of nitrogens with one attached hydrogen (secondary N) is 1. The van der Waals surface area contributed by atoms with Crippen LogP contribution in [0.5, 0.6) is 0 Å². The number of aryl methyl sites for hydroxylation is 1. The summed E-state index contributed by atoms with van der Waals surface area (Å²) in [6, 6.07) is 17.3. The minimum Gasteiger partial charge on any atom is -0.313 e. The van der Waals surface area contributed by atoms with E-state index in [9.17, 15) is 0 Å². The lowest BCUT2D eigenvalue weighted by atomic mass is 10.1. The molecule has 1 atom stereocenters. The van der Waals surface area contributed by atoms with Crippen molar-refractivity contribution in [3.05, 3.63) is 64.7 Å². The second-order valence-corrected chi connectivity index (χ2v) is 6.68. The zero-order valence-electron chi connectivity index (χ0n) is 12.6. The van der Waals surface area contributed by atoms with Crippen LogP contribution in [0.1, 0.15) is 18.1 Å². The van der Waals surface area contributed by atoms with E-state index in [0.717, 1.165) is 23.7 Å². The van der Waals surface area contributed by atoms with Gasteiger partial charge in [0.15, 0.2) is 0 Å². The monoisotopic (exact) mass is 319 g/mol. The molecule has 2 rings (SSSR count). The summed E-state index contributed by atoms with van der Waals surface area (Å²) in [4.78, 5) is 1.32. The fraction of sp³-hybridized carbons (Fsp3) is 0.333. The van der Waals surface area contributed by atoms with E-state index < -0.39 is 0 Å². The third-order valence-corrected chi connectivity index (χ3v) is 4.89. The predicted molar refractivity (Wildman–Crippen MR) is 94.5 cm³/mol. The van der Waals surface area contributed by atoms with Crippen LogP contribution in [0.3, 0.4) is 0 Å². The van der Waals surface area contributed by atoms with Crippen molar-refractivity contribution < 1.29 is 0 Å². The molecule has 0 aliphatic heterocycles. The molecule has 1 nitrogen and oxygen atoms in total. The Morgan fingerprint density at radius 1 is 1.14 bits per heavy atom. The predicted octanol–water partition coefficient (Wildman–Crippen LogP) is 4.96. The van der Waals surface area contributed by atoms with Crippen molar-refractivity contribution in [3.63, 3.8) is 0 Å². The van der Waals surface area contributed by atoms with Crippen molar-refractivity contribution in [1.29, 1.82) is 0 Å². The number of likely N-dealkylation sites (N-methyl/N-ethyl adjacent to an activating group) is 1. The first-order valence-corrected chi connectivity index (χ1v) is 8.71. The topological polar surface area (TPSA) is 12.0 Å². The first-order valence-electron chi connectivity index (χ1n) is 7.35. The molecule has 0 bridgehead atoms. The number of hydrogen-bond donors (Lipinski definition) is 1. The zero-order chi connectivity index (χ0) is 15.1. The largest absolute Gasteiger partial charge is 0.313 e. The highest BCUT2D eigenvalue weighted by Gasteiger charge is 2.11. The molecular formula is C18H22ClNS. The van der Waals surface area contributed by atoms with E-state index in [4.69, 9.17) is 11.6 Å². The standard InChI is InChI=1S/C18H22ClNS/c1-3-20-16(13-21-17-7-5-4-6-8-17)12-15-10-9-14(2)11-18(15)19/h4-11,16,20H,3,12-13H2,1-2H3. The van der Waals surface area contributed by atoms with Gasteiger partial charge in [0.25, 0.3) is 0 Å². The van der Waals surface area contributed by atoms with Crippen LogP contribution in [-0.4, -0.2) is 18.3 Å². The first-order chi connectivity index (χ1) is 10.2. The molecule has 0 amide bonds. The molecule has 0 fully saturated rings. The van der Waals surface area contributed by atoms with Gasteiger partial charge in [0.2, 0.25) is 0 Å². The van der Waals surface area contributed by atoms with E-state index >= 15 is 0 Å². The fourth-order valence-corrected chi connectivity index (χ4v) is 3.57. The van der Waals surface area contributed by atoms with Gasteiger partial charge in [-0.05, 0) is 49.2 Å². The quantitative estimate of drug-likeness (QED) is 0.724. The summed E-state index contributed by atoms with van der Waals surface area (Å²) in [7, 11) is 0. The molecule has 0 radical (unpaired) electrons. The van der Waals surface area contributed by atoms with E-state index in [1.54, 1.807) is 0 Å². The van der Waals surface area contributed by atoms with E-state index in [-0.39, 0.29) is 0 Å². The van der Waals surface area contributed by atoms with Crippen LogP contribution in [0.15, 0.2) is 53.4 Å². The number of thioether (sulfide) groups is 1. The molecule has 21 heavy (non-hydrogen) atoms. The van der Waals surface area contributed by atoms with Gasteiger partial charge in [-0.25, -0.2) is 0 Å². The molecule has 0 aliphatic carbocycles. The third-order valence-electron chi connectivity index (χ3n) is 3.36. The van der Waals surface area contributed by atoms with Gasteiger partial charge in [-0.3, -0.25) is 0 Å². The third kappa shape index (κ3) is 5.39. The number of halogens is 1. The maximum atomic E-state index is 6.36. The molecular weight excluding hydrogens is 298 g/mol. The highest BCUT2D eigenvalue weighted by Crippen LogP contribution is 2.22. The van der Waals surface area contributed by atoms with Crippen LogP contribution in [0.4, 0.5) is 0 Å². The maximum Gasteiger partial charge on any atom is 0.0441 e. The summed E-state index contributed by atoms with van der Waals surface area (Å²) in [5.74, 6) is 1.04. The Kier molecular flexibility index (Phi) is 6.62. The van der Waals surface area contributed by atoms with Gasteiger partial charge < -0.3 is 5.32 Å². The molecule has 0 saturated carbocycles. The lowest BCUT2D eigenvalue weighted by Gasteiger charge is -2.18. The van der Waals surface area contributed by atoms with Gasteiger partial charge in [0.05, 0.1) is 0 Å². The average Bonchev–Trinajstić information content (AvgIpc) is 2.49. The fourth-order valence-electron chi connectivity index (χ4n) is 2.28. The van der Waals surface area contributed by atoms with E-state index in [0.29, 0.717) is 6.04 Å². The lowest BCUT2D eigenvalue weighted by molar-refractivity contribution is 0.572. The Labute approximate surface area is 137 Å². The molecule has 0 aromatic heterocycles. The lowest BCUT2D eigenvalue weighted by Crippen LogP contribution is -2.33. The second kappa shape index (κ2) is 8.47. The molecule has 1 N–H and O–H groups in total. The second-order valence-electron chi connectivity index (χ2n) is 5.18. The summed E-state index contributed by atoms with van der Waals surface area (Å²) in [5.41, 5.74) is 2.43. The van der Waals surface area contributed by atoms with Crippen LogP contribution in [-0.2, 0) is 6.42 Å². The summed E-state index contributed by atoms with van der Waals surface area (Å²) in [6.07, 6.45) is 0.965. The van der Waals surface area contributed by atoms with Gasteiger partial charge >= 0.3 is 0 Å². The molecule has 0 saturated heterocycles. The Hall–Kier alpha value is -0.960. The molecule has 2 aromatic rings. The Balaban J connectivity index is 1.98. The van der Waals surface area contributed by atoms with Crippen LogP contribution >= 0.6 is 23.4 Å². The van der Waals surface area contributed by atoms with Gasteiger partial charge in [0, 0.05) is 21.7 Å².